The highest BCUT2D eigenvalue weighted by Crippen LogP contribution is 2.36. The van der Waals surface area contributed by atoms with Gasteiger partial charge in [0, 0.05) is 5.56 Å². The second kappa shape index (κ2) is 6.61. The van der Waals surface area contributed by atoms with Gasteiger partial charge in [-0.25, -0.2) is 0 Å². The van der Waals surface area contributed by atoms with Crippen LogP contribution >= 0.6 is 15.9 Å². The summed E-state index contributed by atoms with van der Waals surface area (Å²) < 4.78 is 45.5. The van der Waals surface area contributed by atoms with E-state index in [9.17, 15) is 18.0 Å². The van der Waals surface area contributed by atoms with Crippen LogP contribution in [0.5, 0.6) is 5.75 Å². The molecule has 0 aromatic heterocycles. The molecule has 0 aliphatic carbocycles. The molecule has 1 rings (SSSR count). The molecule has 0 aliphatic heterocycles. The minimum atomic E-state index is -4.93. The average molecular weight is 352 g/mol. The van der Waals surface area contributed by atoms with E-state index >= 15 is 0 Å². The van der Waals surface area contributed by atoms with Crippen LogP contribution in [0.15, 0.2) is 16.6 Å². The first-order valence-corrected chi connectivity index (χ1v) is 6.20. The quantitative estimate of drug-likeness (QED) is 0.780. The maximum Gasteiger partial charge on any atom is 0.573 e. The smallest absolute Gasteiger partial charge is 0.466 e. The highest BCUT2D eigenvalue weighted by molar-refractivity contribution is 9.10. The van der Waals surface area contributed by atoms with E-state index in [4.69, 9.17) is 5.26 Å². The summed E-state index contributed by atoms with van der Waals surface area (Å²) in [5, 5.41) is 8.79. The molecule has 4 nitrogen and oxygen atoms in total. The van der Waals surface area contributed by atoms with Gasteiger partial charge in [0.25, 0.3) is 0 Å². The molecule has 0 unspecified atom stereocenters. The van der Waals surface area contributed by atoms with Gasteiger partial charge in [-0.2, -0.15) is 5.26 Å². The Hall–Kier alpha value is -1.75. The first-order valence-electron chi connectivity index (χ1n) is 5.41. The van der Waals surface area contributed by atoms with Crippen LogP contribution in [0, 0.1) is 11.3 Å². The minimum Gasteiger partial charge on any atom is -0.466 e. The van der Waals surface area contributed by atoms with Crippen LogP contribution in [0.2, 0.25) is 0 Å². The van der Waals surface area contributed by atoms with Crippen molar-refractivity contribution in [1.29, 1.82) is 5.26 Å². The van der Waals surface area contributed by atoms with E-state index in [1.54, 1.807) is 13.0 Å². The predicted octanol–water partition coefficient (Wildman–Crippen LogP) is 3.32. The summed E-state index contributed by atoms with van der Waals surface area (Å²) in [4.78, 5) is 11.4. The van der Waals surface area contributed by atoms with Crippen molar-refractivity contribution < 1.29 is 27.4 Å². The minimum absolute atomic E-state index is 0.0216. The lowest BCUT2D eigenvalue weighted by atomic mass is 10.1. The number of rotatable bonds is 4. The van der Waals surface area contributed by atoms with Crippen molar-refractivity contribution in [2.75, 3.05) is 6.61 Å². The van der Waals surface area contributed by atoms with Crippen molar-refractivity contribution in [2.45, 2.75) is 19.7 Å². The van der Waals surface area contributed by atoms with E-state index < -0.39 is 18.1 Å². The molecule has 0 atom stereocenters. The highest BCUT2D eigenvalue weighted by Gasteiger charge is 2.34. The highest BCUT2D eigenvalue weighted by atomic mass is 79.9. The van der Waals surface area contributed by atoms with Crippen molar-refractivity contribution in [3.05, 3.63) is 27.7 Å². The molecule has 0 heterocycles. The molecule has 108 valence electrons. The van der Waals surface area contributed by atoms with Crippen LogP contribution < -0.4 is 4.74 Å². The fourth-order valence-electron chi connectivity index (χ4n) is 1.42. The lowest BCUT2D eigenvalue weighted by molar-refractivity contribution is -0.275. The predicted molar refractivity (Wildman–Crippen MR) is 65.9 cm³/mol. The number of carbonyl (C=O) groups excluding carboxylic acids is 1. The summed E-state index contributed by atoms with van der Waals surface area (Å²) in [5.74, 6) is -1.29. The van der Waals surface area contributed by atoms with Gasteiger partial charge in [-0.15, -0.1) is 13.2 Å². The number of ether oxygens (including phenoxy) is 2. The van der Waals surface area contributed by atoms with Crippen LogP contribution in [0.4, 0.5) is 13.2 Å². The van der Waals surface area contributed by atoms with Gasteiger partial charge in [-0.1, -0.05) is 6.07 Å². The SMILES string of the molecule is CCOC(=O)Cc1ccc(C#N)c(Br)c1OC(F)(F)F. The van der Waals surface area contributed by atoms with Gasteiger partial charge >= 0.3 is 12.3 Å². The van der Waals surface area contributed by atoms with Crippen LogP contribution in [0.1, 0.15) is 18.1 Å². The third-order valence-electron chi connectivity index (χ3n) is 2.16. The van der Waals surface area contributed by atoms with Gasteiger partial charge < -0.3 is 9.47 Å². The fraction of sp³-hybridized carbons (Fsp3) is 0.333. The van der Waals surface area contributed by atoms with Gasteiger partial charge in [-0.05, 0) is 28.9 Å². The molecule has 0 fully saturated rings. The molecule has 0 aliphatic rings. The van der Waals surface area contributed by atoms with Gasteiger partial charge in [0.2, 0.25) is 0 Å². The molecule has 0 bridgehead atoms. The number of carbonyl (C=O) groups is 1. The largest absolute Gasteiger partial charge is 0.573 e. The monoisotopic (exact) mass is 351 g/mol. The van der Waals surface area contributed by atoms with Gasteiger partial charge in [0.05, 0.1) is 23.1 Å². The Bertz CT molecular complexity index is 552. The lowest BCUT2D eigenvalue weighted by Gasteiger charge is -2.15. The molecular formula is C12H9BrF3NO3. The molecule has 20 heavy (non-hydrogen) atoms. The van der Waals surface area contributed by atoms with Crippen LogP contribution in [0.25, 0.3) is 0 Å². The normalized spacial score (nSPS) is 10.8. The average Bonchev–Trinajstić information content (AvgIpc) is 2.33. The van der Waals surface area contributed by atoms with E-state index in [2.05, 4.69) is 25.4 Å². The zero-order valence-corrected chi connectivity index (χ0v) is 11.8. The molecule has 0 N–H and O–H groups in total. The number of esters is 1. The zero-order valence-electron chi connectivity index (χ0n) is 10.3. The zero-order chi connectivity index (χ0) is 15.3. The molecule has 0 saturated carbocycles. The number of nitrogens with zero attached hydrogens (tertiary/aromatic N) is 1. The standard InChI is InChI=1S/C12H9BrF3NO3/c1-2-19-9(18)5-7-3-4-8(6-17)10(13)11(7)20-12(14,15)16/h3-4H,2,5H2,1H3. The van der Waals surface area contributed by atoms with Crippen LogP contribution in [0.3, 0.4) is 0 Å². The molecule has 0 amide bonds. The van der Waals surface area contributed by atoms with Gasteiger partial charge in [0.15, 0.2) is 0 Å². The van der Waals surface area contributed by atoms with Crippen LogP contribution in [-0.2, 0) is 16.0 Å². The van der Waals surface area contributed by atoms with Crippen molar-refractivity contribution in [1.82, 2.24) is 0 Å². The first kappa shape index (κ1) is 16.3. The van der Waals surface area contributed by atoms with Crippen LogP contribution in [-0.4, -0.2) is 18.9 Å². The summed E-state index contributed by atoms with van der Waals surface area (Å²) in [7, 11) is 0. The second-order valence-corrected chi connectivity index (χ2v) is 4.35. The number of alkyl halides is 3. The Morgan fingerprint density at radius 3 is 2.60 bits per heavy atom. The van der Waals surface area contributed by atoms with E-state index in [1.807, 2.05) is 0 Å². The van der Waals surface area contributed by atoms with Gasteiger partial charge in [-0.3, -0.25) is 4.79 Å². The van der Waals surface area contributed by atoms with Gasteiger partial charge in [0.1, 0.15) is 11.8 Å². The number of nitriles is 1. The van der Waals surface area contributed by atoms with Crippen molar-refractivity contribution in [2.24, 2.45) is 0 Å². The Balaban J connectivity index is 3.20. The topological polar surface area (TPSA) is 59.3 Å². The van der Waals surface area contributed by atoms with Crippen molar-refractivity contribution in [3.8, 4) is 11.8 Å². The van der Waals surface area contributed by atoms with E-state index in [0.717, 1.165) is 0 Å². The second-order valence-electron chi connectivity index (χ2n) is 3.56. The molecule has 0 radical (unpaired) electrons. The molecule has 1 aromatic rings. The molecule has 0 spiro atoms. The third kappa shape index (κ3) is 4.42. The number of halogens is 4. The van der Waals surface area contributed by atoms with E-state index in [1.165, 1.54) is 12.1 Å². The van der Waals surface area contributed by atoms with Crippen molar-refractivity contribution in [3.63, 3.8) is 0 Å². The Kier molecular flexibility index (Phi) is 5.39. The summed E-state index contributed by atoms with van der Waals surface area (Å²) in [6, 6.07) is 4.23. The number of benzene rings is 1. The summed E-state index contributed by atoms with van der Waals surface area (Å²) >= 11 is 2.87. The maximum absolute atomic E-state index is 12.4. The number of hydrogen-bond acceptors (Lipinski definition) is 4. The maximum atomic E-state index is 12.4. The van der Waals surface area contributed by atoms with E-state index in [-0.39, 0.29) is 28.6 Å². The third-order valence-corrected chi connectivity index (χ3v) is 2.94. The molecular weight excluding hydrogens is 343 g/mol. The fourth-order valence-corrected chi connectivity index (χ4v) is 1.97. The Morgan fingerprint density at radius 2 is 2.10 bits per heavy atom. The lowest BCUT2D eigenvalue weighted by Crippen LogP contribution is -2.19. The molecule has 0 saturated heterocycles. The van der Waals surface area contributed by atoms with E-state index in [0.29, 0.717) is 0 Å². The summed E-state index contributed by atoms with van der Waals surface area (Å²) in [6.45, 7) is 1.70. The molecule has 8 heteroatoms. The summed E-state index contributed by atoms with van der Waals surface area (Å²) in [6.07, 6.45) is -5.32. The molecule has 1 aromatic carbocycles. The van der Waals surface area contributed by atoms with Crippen molar-refractivity contribution >= 4 is 21.9 Å². The Labute approximate surface area is 121 Å². The summed E-state index contributed by atoms with van der Waals surface area (Å²) in [5.41, 5.74) is -0.0523. The Morgan fingerprint density at radius 1 is 1.45 bits per heavy atom. The number of hydrogen-bond donors (Lipinski definition) is 0. The first-order chi connectivity index (χ1) is 9.28.